The van der Waals surface area contributed by atoms with Gasteiger partial charge in [0.25, 0.3) is 0 Å². The van der Waals surface area contributed by atoms with Gasteiger partial charge >= 0.3 is 5.97 Å². The Kier molecular flexibility index (Phi) is 8.39. The molecule has 0 N–H and O–H groups in total. The molecular weight excluding hydrogens is 488 g/mol. The monoisotopic (exact) mass is 522 g/mol. The molecule has 36 heavy (non-hydrogen) atoms. The van der Waals surface area contributed by atoms with Gasteiger partial charge in [-0.15, -0.1) is 0 Å². The second-order valence-corrected chi connectivity index (χ2v) is 9.25. The van der Waals surface area contributed by atoms with E-state index in [0.717, 1.165) is 11.1 Å². The third-order valence-corrected chi connectivity index (χ3v) is 7.31. The summed E-state index contributed by atoms with van der Waals surface area (Å²) in [5, 5.41) is 0.380. The minimum absolute atomic E-state index is 0.126. The molecule has 2 atom stereocenters. The first kappa shape index (κ1) is 27.6. The molecule has 0 saturated carbocycles. The fourth-order valence-corrected chi connectivity index (χ4v) is 5.22. The zero-order valence-corrected chi connectivity index (χ0v) is 23.2. The van der Waals surface area contributed by atoms with Crippen LogP contribution in [0, 0.1) is 5.92 Å². The van der Waals surface area contributed by atoms with Crippen LogP contribution in [0.3, 0.4) is 0 Å². The number of hydrogen-bond acceptors (Lipinski definition) is 8. The van der Waals surface area contributed by atoms with E-state index in [1.807, 2.05) is 19.9 Å². The molecule has 2 aromatic carbocycles. The number of esters is 1. The fourth-order valence-electron chi connectivity index (χ4n) is 4.88. The lowest BCUT2D eigenvalue weighted by atomic mass is 9.74. The first-order valence-electron chi connectivity index (χ1n) is 11.7. The Balaban J connectivity index is 2.56. The summed E-state index contributed by atoms with van der Waals surface area (Å²) in [6.07, 6.45) is 1.12. The second kappa shape index (κ2) is 10.9. The van der Waals surface area contributed by atoms with E-state index in [4.69, 9.17) is 44.8 Å². The van der Waals surface area contributed by atoms with Gasteiger partial charge in [-0.2, -0.15) is 0 Å². The van der Waals surface area contributed by atoms with Crippen molar-refractivity contribution in [2.24, 2.45) is 5.92 Å². The Morgan fingerprint density at radius 3 is 1.94 bits per heavy atom. The summed E-state index contributed by atoms with van der Waals surface area (Å²) in [5.74, 6) is 2.09. The maximum absolute atomic E-state index is 12.5. The minimum Gasteiger partial charge on any atom is -0.493 e. The highest BCUT2D eigenvalue weighted by Crippen LogP contribution is 2.58. The molecule has 1 aliphatic rings. The van der Waals surface area contributed by atoms with Crippen LogP contribution in [0.5, 0.6) is 34.5 Å². The molecule has 0 spiro atoms. The predicted molar refractivity (Wildman–Crippen MR) is 138 cm³/mol. The summed E-state index contributed by atoms with van der Waals surface area (Å²) in [7, 11) is 9.28. The van der Waals surface area contributed by atoms with Crippen molar-refractivity contribution in [2.75, 3.05) is 42.7 Å². The summed E-state index contributed by atoms with van der Waals surface area (Å²) >= 11 is 6.99. The van der Waals surface area contributed by atoms with Crippen molar-refractivity contribution in [3.8, 4) is 45.6 Å². The molecule has 0 heterocycles. The average molecular weight is 523 g/mol. The number of carbonyl (C=O) groups excluding carboxylic acids is 1. The smallest absolute Gasteiger partial charge is 0.306 e. The van der Waals surface area contributed by atoms with Crippen LogP contribution in [0.2, 0.25) is 5.02 Å². The van der Waals surface area contributed by atoms with Gasteiger partial charge in [-0.1, -0.05) is 25.4 Å². The molecule has 0 radical (unpaired) electrons. The fraction of sp³-hybridized carbons (Fsp3) is 0.519. The van der Waals surface area contributed by atoms with Crippen molar-refractivity contribution in [2.45, 2.75) is 45.6 Å². The Labute approximate surface area is 217 Å². The van der Waals surface area contributed by atoms with Crippen LogP contribution in [0.25, 0.3) is 11.1 Å². The molecule has 1 aliphatic carbocycles. The van der Waals surface area contributed by atoms with E-state index in [1.54, 1.807) is 35.4 Å². The maximum Gasteiger partial charge on any atom is 0.306 e. The van der Waals surface area contributed by atoms with Crippen LogP contribution >= 0.6 is 11.6 Å². The molecule has 0 fully saturated rings. The molecule has 0 amide bonds. The van der Waals surface area contributed by atoms with Crippen LogP contribution in [-0.2, 0) is 22.4 Å². The Hall–Kier alpha value is -3.00. The van der Waals surface area contributed by atoms with E-state index >= 15 is 0 Å². The Bertz CT molecular complexity index is 1150. The SMILES string of the molecule is CCC(=O)O[C@]1(C)Cc2cc(OC)c(OC)c(OC)c2-c2c(c(Cl)c(OC)c(OC)c2OC)C[C@H]1C. The quantitative estimate of drug-likeness (QED) is 0.420. The van der Waals surface area contributed by atoms with Crippen molar-refractivity contribution in [1.29, 1.82) is 0 Å². The standard InChI is InChI=1S/C27H35ClO8/c1-10-18(29)36-27(3)13-15-12-17(30-4)22(31-5)23(32-6)19(15)20-16(11-14(27)2)21(28)25(34-8)26(35-9)24(20)33-7/h12,14H,10-11,13H2,1-9H3/t14-,27-/m1/s1. The van der Waals surface area contributed by atoms with Crippen LogP contribution in [-0.4, -0.2) is 54.2 Å². The number of benzene rings is 2. The third kappa shape index (κ3) is 4.47. The number of methoxy groups -OCH3 is 6. The number of fused-ring (bicyclic) bond motifs is 3. The molecule has 9 heteroatoms. The van der Waals surface area contributed by atoms with E-state index in [-0.39, 0.29) is 18.3 Å². The summed E-state index contributed by atoms with van der Waals surface area (Å²) in [6.45, 7) is 5.75. The number of halogens is 1. The number of rotatable bonds is 8. The van der Waals surface area contributed by atoms with E-state index in [9.17, 15) is 4.79 Å². The van der Waals surface area contributed by atoms with Crippen LogP contribution in [0.15, 0.2) is 6.07 Å². The molecule has 2 aromatic rings. The molecule has 0 unspecified atom stereocenters. The Morgan fingerprint density at radius 1 is 0.889 bits per heavy atom. The highest BCUT2D eigenvalue weighted by Gasteiger charge is 2.42. The highest BCUT2D eigenvalue weighted by molar-refractivity contribution is 6.34. The van der Waals surface area contributed by atoms with Gasteiger partial charge in [0.2, 0.25) is 11.5 Å². The van der Waals surface area contributed by atoms with Gasteiger partial charge < -0.3 is 33.2 Å². The van der Waals surface area contributed by atoms with E-state index in [2.05, 4.69) is 0 Å². The topological polar surface area (TPSA) is 81.7 Å². The van der Waals surface area contributed by atoms with Gasteiger partial charge in [0, 0.05) is 29.9 Å². The van der Waals surface area contributed by atoms with Gasteiger partial charge in [-0.05, 0) is 30.5 Å². The summed E-state index contributed by atoms with van der Waals surface area (Å²) in [6, 6.07) is 1.88. The largest absolute Gasteiger partial charge is 0.493 e. The first-order valence-corrected chi connectivity index (χ1v) is 12.1. The van der Waals surface area contributed by atoms with Crippen LogP contribution in [0.4, 0.5) is 0 Å². The number of carbonyl (C=O) groups is 1. The Morgan fingerprint density at radius 2 is 1.44 bits per heavy atom. The minimum atomic E-state index is -0.853. The van der Waals surface area contributed by atoms with Crippen molar-refractivity contribution in [3.05, 3.63) is 22.2 Å². The van der Waals surface area contributed by atoms with Gasteiger partial charge in [-0.3, -0.25) is 4.79 Å². The number of ether oxygens (including phenoxy) is 7. The van der Waals surface area contributed by atoms with Gasteiger partial charge in [0.05, 0.1) is 47.7 Å². The van der Waals surface area contributed by atoms with E-state index in [1.165, 1.54) is 14.2 Å². The second-order valence-electron chi connectivity index (χ2n) is 8.87. The molecule has 3 rings (SSSR count). The van der Waals surface area contributed by atoms with Crippen LogP contribution < -0.4 is 28.4 Å². The van der Waals surface area contributed by atoms with Gasteiger partial charge in [0.15, 0.2) is 23.0 Å². The normalized spacial score (nSPS) is 18.7. The molecule has 0 aliphatic heterocycles. The van der Waals surface area contributed by atoms with Crippen molar-refractivity contribution in [3.63, 3.8) is 0 Å². The van der Waals surface area contributed by atoms with Gasteiger partial charge in [0.1, 0.15) is 5.60 Å². The zero-order chi connectivity index (χ0) is 26.8. The van der Waals surface area contributed by atoms with Gasteiger partial charge in [-0.25, -0.2) is 0 Å². The van der Waals surface area contributed by atoms with Crippen molar-refractivity contribution in [1.82, 2.24) is 0 Å². The van der Waals surface area contributed by atoms with Crippen molar-refractivity contribution < 1.29 is 38.0 Å². The summed E-state index contributed by atoms with van der Waals surface area (Å²) in [4.78, 5) is 12.5. The first-order chi connectivity index (χ1) is 17.2. The zero-order valence-electron chi connectivity index (χ0n) is 22.4. The molecule has 0 saturated heterocycles. The lowest BCUT2D eigenvalue weighted by Crippen LogP contribution is -2.42. The molecule has 198 valence electrons. The molecule has 0 aromatic heterocycles. The van der Waals surface area contributed by atoms with Crippen molar-refractivity contribution >= 4 is 17.6 Å². The highest BCUT2D eigenvalue weighted by atomic mass is 35.5. The summed E-state index contributed by atoms with van der Waals surface area (Å²) in [5.41, 5.74) is 2.10. The molecule has 8 nitrogen and oxygen atoms in total. The number of hydrogen-bond donors (Lipinski definition) is 0. The molecular formula is C27H35ClO8. The summed E-state index contributed by atoms with van der Waals surface area (Å²) < 4.78 is 40.6. The molecule has 0 bridgehead atoms. The van der Waals surface area contributed by atoms with Crippen LogP contribution in [0.1, 0.15) is 38.3 Å². The maximum atomic E-state index is 12.5. The van der Waals surface area contributed by atoms with E-state index in [0.29, 0.717) is 63.5 Å². The third-order valence-electron chi connectivity index (χ3n) is 6.91. The lowest BCUT2D eigenvalue weighted by molar-refractivity contribution is -0.163. The average Bonchev–Trinajstić information content (AvgIpc) is 2.87. The van der Waals surface area contributed by atoms with E-state index < -0.39 is 5.60 Å². The predicted octanol–water partition coefficient (Wildman–Crippen LogP) is 5.51. The lowest BCUT2D eigenvalue weighted by Gasteiger charge is -2.39.